The zero-order chi connectivity index (χ0) is 8.62. The van der Waals surface area contributed by atoms with Crippen molar-refractivity contribution in [2.45, 2.75) is 19.8 Å². The molecule has 0 atom stereocenters. The van der Waals surface area contributed by atoms with Gasteiger partial charge in [-0.2, -0.15) is 8.42 Å². The van der Waals surface area contributed by atoms with E-state index in [1.807, 2.05) is 0 Å². The Morgan fingerprint density at radius 3 is 1.80 bits per heavy atom. The summed E-state index contributed by atoms with van der Waals surface area (Å²) in [5, 5.41) is 0. The second kappa shape index (κ2) is 7.60. The fraction of sp³-hybridized carbons (Fsp3) is 1.00. The molecule has 1 N–H and O–H groups in total. The highest BCUT2D eigenvalue weighted by Crippen LogP contribution is 1.86. The molecule has 0 heterocycles. The topological polar surface area (TPSA) is 54.4 Å². The quantitative estimate of drug-likeness (QED) is 0.430. The van der Waals surface area contributed by atoms with Gasteiger partial charge in [-0.25, -0.2) is 0 Å². The van der Waals surface area contributed by atoms with Gasteiger partial charge in [-0.3, -0.25) is 4.55 Å². The summed E-state index contributed by atoms with van der Waals surface area (Å²) in [6, 6.07) is 0. The summed E-state index contributed by atoms with van der Waals surface area (Å²) >= 11 is 5.30. The van der Waals surface area contributed by atoms with Crippen molar-refractivity contribution in [2.24, 2.45) is 0 Å². The van der Waals surface area contributed by atoms with Gasteiger partial charge in [0, 0.05) is 16.6 Å². The normalized spacial score (nSPS) is 10.0. The van der Waals surface area contributed by atoms with E-state index in [4.69, 9.17) is 24.6 Å². The molecule has 0 fully saturated rings. The van der Waals surface area contributed by atoms with Crippen molar-refractivity contribution in [3.8, 4) is 0 Å². The second-order valence-electron chi connectivity index (χ2n) is 1.45. The Morgan fingerprint density at radius 2 is 1.80 bits per heavy atom. The molecular formula is C4H10Cl2O3S. The van der Waals surface area contributed by atoms with Crippen molar-refractivity contribution < 1.29 is 13.0 Å². The fourth-order valence-corrected chi connectivity index (χ4v) is 0.401. The molecule has 6 heteroatoms. The number of hydrogen-bond donors (Lipinski definition) is 1. The highest BCUT2D eigenvalue weighted by Gasteiger charge is 1.86. The van der Waals surface area contributed by atoms with Crippen LogP contribution in [0, 0.1) is 0 Å². The number of alkyl halides is 1. The highest BCUT2D eigenvalue weighted by atomic mass is 35.7. The van der Waals surface area contributed by atoms with Crippen LogP contribution < -0.4 is 0 Å². The summed E-state index contributed by atoms with van der Waals surface area (Å²) in [7, 11) is -0.137. The van der Waals surface area contributed by atoms with Gasteiger partial charge in [0.05, 0.1) is 0 Å². The lowest BCUT2D eigenvalue weighted by Gasteiger charge is -1.77. The minimum atomic E-state index is -4.19. The summed E-state index contributed by atoms with van der Waals surface area (Å²) in [5.74, 6) is 0.816. The molecule has 0 aromatic heterocycles. The average Bonchev–Trinajstić information content (AvgIpc) is 1.63. The predicted octanol–water partition coefficient (Wildman–Crippen LogP) is 2.05. The van der Waals surface area contributed by atoms with E-state index in [0.717, 1.165) is 12.3 Å². The van der Waals surface area contributed by atoms with Crippen molar-refractivity contribution in [3.63, 3.8) is 0 Å². The Morgan fingerprint density at radius 1 is 1.50 bits per heavy atom. The van der Waals surface area contributed by atoms with Gasteiger partial charge in [0.15, 0.2) is 0 Å². The minimum Gasteiger partial charge on any atom is -0.273 e. The Labute approximate surface area is 70.6 Å². The summed E-state index contributed by atoms with van der Waals surface area (Å²) in [5.41, 5.74) is 0. The van der Waals surface area contributed by atoms with E-state index in [1.165, 1.54) is 6.42 Å². The molecule has 64 valence electrons. The lowest BCUT2D eigenvalue weighted by atomic mass is 10.4. The van der Waals surface area contributed by atoms with Gasteiger partial charge >= 0.3 is 9.33 Å². The smallest absolute Gasteiger partial charge is 0.273 e. The monoisotopic (exact) mass is 208 g/mol. The van der Waals surface area contributed by atoms with Crippen LogP contribution in [-0.4, -0.2) is 18.9 Å². The summed E-state index contributed by atoms with van der Waals surface area (Å²) in [4.78, 5) is 0. The molecule has 10 heavy (non-hydrogen) atoms. The molecule has 0 aromatic rings. The van der Waals surface area contributed by atoms with Crippen LogP contribution in [0.2, 0.25) is 0 Å². The molecule has 0 radical (unpaired) electrons. The Bertz CT molecular complexity index is 133. The molecule has 0 spiro atoms. The third kappa shape index (κ3) is 76.8. The maximum atomic E-state index is 8.95. The van der Waals surface area contributed by atoms with Gasteiger partial charge in [0.2, 0.25) is 0 Å². The number of rotatable bonds is 2. The van der Waals surface area contributed by atoms with E-state index < -0.39 is 9.33 Å². The van der Waals surface area contributed by atoms with E-state index in [0.29, 0.717) is 0 Å². The van der Waals surface area contributed by atoms with Crippen LogP contribution in [0.3, 0.4) is 0 Å². The van der Waals surface area contributed by atoms with E-state index in [1.54, 1.807) is 0 Å². The van der Waals surface area contributed by atoms with Crippen molar-refractivity contribution in [1.82, 2.24) is 0 Å². The van der Waals surface area contributed by atoms with E-state index >= 15 is 0 Å². The largest absolute Gasteiger partial charge is 0.353 e. The zero-order valence-corrected chi connectivity index (χ0v) is 7.88. The van der Waals surface area contributed by atoms with Crippen LogP contribution in [0.5, 0.6) is 0 Å². The molecule has 0 rings (SSSR count). The Balaban J connectivity index is 0. The van der Waals surface area contributed by atoms with Crippen LogP contribution in [0.25, 0.3) is 0 Å². The second-order valence-corrected chi connectivity index (χ2v) is 3.83. The molecule has 0 saturated heterocycles. The SMILES string of the molecule is CCCCCl.O=S(=O)(O)Cl. The van der Waals surface area contributed by atoms with Crippen LogP contribution in [0.4, 0.5) is 0 Å². The summed E-state index contributed by atoms with van der Waals surface area (Å²) in [6.07, 6.45) is 2.37. The molecule has 0 bridgehead atoms. The lowest BCUT2D eigenvalue weighted by molar-refractivity contribution is 0.501. The molecule has 0 amide bonds. The van der Waals surface area contributed by atoms with Crippen molar-refractivity contribution in [3.05, 3.63) is 0 Å². The molecule has 0 aromatic carbocycles. The lowest BCUT2D eigenvalue weighted by Crippen LogP contribution is -1.77. The molecule has 0 unspecified atom stereocenters. The number of unbranched alkanes of at least 4 members (excludes halogenated alkanes) is 1. The zero-order valence-electron chi connectivity index (χ0n) is 5.55. The van der Waals surface area contributed by atoms with Crippen LogP contribution in [0.15, 0.2) is 0 Å². The van der Waals surface area contributed by atoms with Crippen LogP contribution in [0.1, 0.15) is 19.8 Å². The summed E-state index contributed by atoms with van der Waals surface area (Å²) < 4.78 is 25.2. The maximum Gasteiger partial charge on any atom is 0.353 e. The summed E-state index contributed by atoms with van der Waals surface area (Å²) in [6.45, 7) is 2.13. The van der Waals surface area contributed by atoms with Gasteiger partial charge in [-0.15, -0.1) is 11.6 Å². The first-order chi connectivity index (χ1) is 4.41. The third-order valence-corrected chi connectivity index (χ3v) is 0.754. The van der Waals surface area contributed by atoms with Gasteiger partial charge in [-0.1, -0.05) is 13.3 Å². The van der Waals surface area contributed by atoms with Crippen molar-refractivity contribution in [2.75, 3.05) is 5.88 Å². The fourth-order valence-electron chi connectivity index (χ4n) is 0.134. The Kier molecular flexibility index (Phi) is 9.96. The first kappa shape index (κ1) is 13.1. The molecule has 0 aliphatic heterocycles. The molecule has 3 nitrogen and oxygen atoms in total. The van der Waals surface area contributed by atoms with E-state index in [-0.39, 0.29) is 0 Å². The first-order valence-corrected chi connectivity index (χ1v) is 5.45. The highest BCUT2D eigenvalue weighted by molar-refractivity contribution is 8.09. The predicted molar refractivity (Wildman–Crippen MR) is 43.0 cm³/mol. The van der Waals surface area contributed by atoms with E-state index in [9.17, 15) is 0 Å². The Hall–Kier alpha value is 0.490. The van der Waals surface area contributed by atoms with Crippen molar-refractivity contribution in [1.29, 1.82) is 0 Å². The molecule has 0 aliphatic rings. The first-order valence-electron chi connectivity index (χ1n) is 2.64. The van der Waals surface area contributed by atoms with Gasteiger partial charge in [0.1, 0.15) is 0 Å². The molecule has 0 saturated carbocycles. The number of hydrogen-bond acceptors (Lipinski definition) is 2. The van der Waals surface area contributed by atoms with Crippen molar-refractivity contribution >= 4 is 31.6 Å². The minimum absolute atomic E-state index is 0.816. The maximum absolute atomic E-state index is 8.95. The van der Waals surface area contributed by atoms with E-state index in [2.05, 4.69) is 17.6 Å². The van der Waals surface area contributed by atoms with Gasteiger partial charge < -0.3 is 0 Å². The van der Waals surface area contributed by atoms with Gasteiger partial charge in [0.25, 0.3) is 0 Å². The average molecular weight is 209 g/mol. The standard InChI is InChI=1S/C4H9Cl.ClHO3S/c1-2-3-4-5;1-5(2,3)4/h2-4H2,1H3;(H,2,3,4). The van der Waals surface area contributed by atoms with Crippen LogP contribution >= 0.6 is 22.3 Å². The van der Waals surface area contributed by atoms with Gasteiger partial charge in [-0.05, 0) is 6.42 Å². The van der Waals surface area contributed by atoms with Crippen LogP contribution in [-0.2, 0) is 9.33 Å². The number of halogens is 2. The third-order valence-electron chi connectivity index (χ3n) is 0.487. The molecule has 0 aliphatic carbocycles. The molecular weight excluding hydrogens is 199 g/mol.